The maximum atomic E-state index is 12.1. The number of aryl methyl sites for hydroxylation is 2. The molecule has 1 aromatic carbocycles. The predicted molar refractivity (Wildman–Crippen MR) is 127 cm³/mol. The van der Waals surface area contributed by atoms with E-state index in [0.29, 0.717) is 12.5 Å². The lowest BCUT2D eigenvalue weighted by atomic mass is 10.3. The molecular formula is C19H32IN5O2S. The Kier molecular flexibility index (Phi) is 9.19. The summed E-state index contributed by atoms with van der Waals surface area (Å²) in [7, 11) is -1.46. The highest BCUT2D eigenvalue weighted by Gasteiger charge is 2.28. The SMILES string of the molecule is CN=C(NCCCn1c(C)nc2ccccc21)NCCS(=O)(=O)C(C)(C)C.I. The van der Waals surface area contributed by atoms with Crippen LogP contribution in [0.25, 0.3) is 11.0 Å². The number of nitrogens with zero attached hydrogens (tertiary/aromatic N) is 3. The molecule has 2 N–H and O–H groups in total. The zero-order valence-electron chi connectivity index (χ0n) is 17.3. The lowest BCUT2D eigenvalue weighted by molar-refractivity contribution is 0.559. The summed E-state index contributed by atoms with van der Waals surface area (Å²) in [6.45, 7) is 9.10. The molecule has 2 rings (SSSR count). The van der Waals surface area contributed by atoms with Crippen molar-refractivity contribution in [1.82, 2.24) is 20.2 Å². The number of benzene rings is 1. The van der Waals surface area contributed by atoms with Crippen molar-refractivity contribution in [1.29, 1.82) is 0 Å². The van der Waals surface area contributed by atoms with Crippen LogP contribution in [0.1, 0.15) is 33.0 Å². The van der Waals surface area contributed by atoms with Crippen LogP contribution in [0.2, 0.25) is 0 Å². The van der Waals surface area contributed by atoms with Gasteiger partial charge in [-0.3, -0.25) is 4.99 Å². The first-order valence-electron chi connectivity index (χ1n) is 9.24. The Hall–Kier alpha value is -1.36. The highest BCUT2D eigenvalue weighted by atomic mass is 127. The van der Waals surface area contributed by atoms with Gasteiger partial charge in [-0.1, -0.05) is 12.1 Å². The van der Waals surface area contributed by atoms with Gasteiger partial charge in [-0.05, 0) is 46.2 Å². The fourth-order valence-corrected chi connectivity index (χ4v) is 3.74. The quantitative estimate of drug-likeness (QED) is 0.253. The molecule has 0 saturated carbocycles. The van der Waals surface area contributed by atoms with E-state index in [1.165, 1.54) is 0 Å². The molecule has 28 heavy (non-hydrogen) atoms. The molecule has 1 aromatic heterocycles. The lowest BCUT2D eigenvalue weighted by Gasteiger charge is -2.19. The first kappa shape index (κ1) is 24.7. The molecule has 9 heteroatoms. The van der Waals surface area contributed by atoms with Crippen molar-refractivity contribution in [3.63, 3.8) is 0 Å². The fraction of sp³-hybridized carbons (Fsp3) is 0.579. The number of rotatable bonds is 7. The molecule has 0 radical (unpaired) electrons. The van der Waals surface area contributed by atoms with Crippen molar-refractivity contribution in [3.8, 4) is 0 Å². The van der Waals surface area contributed by atoms with Crippen molar-refractivity contribution in [2.45, 2.75) is 45.4 Å². The van der Waals surface area contributed by atoms with Crippen LogP contribution in [0.15, 0.2) is 29.3 Å². The van der Waals surface area contributed by atoms with E-state index >= 15 is 0 Å². The van der Waals surface area contributed by atoms with Crippen molar-refractivity contribution < 1.29 is 8.42 Å². The van der Waals surface area contributed by atoms with Gasteiger partial charge in [0, 0.05) is 26.7 Å². The summed E-state index contributed by atoms with van der Waals surface area (Å²) in [5.41, 5.74) is 2.16. The molecule has 0 atom stereocenters. The molecule has 0 amide bonds. The number of para-hydroxylation sites is 2. The smallest absolute Gasteiger partial charge is 0.191 e. The van der Waals surface area contributed by atoms with E-state index in [4.69, 9.17) is 0 Å². The first-order chi connectivity index (χ1) is 12.7. The van der Waals surface area contributed by atoms with E-state index in [1.807, 2.05) is 25.1 Å². The molecule has 0 bridgehead atoms. The van der Waals surface area contributed by atoms with Gasteiger partial charge >= 0.3 is 0 Å². The topological polar surface area (TPSA) is 88.4 Å². The number of nitrogens with one attached hydrogen (secondary N) is 2. The van der Waals surface area contributed by atoms with E-state index in [1.54, 1.807) is 27.8 Å². The maximum Gasteiger partial charge on any atom is 0.191 e. The van der Waals surface area contributed by atoms with Gasteiger partial charge in [0.2, 0.25) is 0 Å². The van der Waals surface area contributed by atoms with Crippen LogP contribution in [-0.2, 0) is 16.4 Å². The molecule has 0 aliphatic rings. The summed E-state index contributed by atoms with van der Waals surface area (Å²) < 4.78 is 25.8. The zero-order chi connectivity index (χ0) is 20.1. The van der Waals surface area contributed by atoms with Crippen LogP contribution in [-0.4, -0.2) is 54.6 Å². The zero-order valence-corrected chi connectivity index (χ0v) is 20.5. The Balaban J connectivity index is 0.00000392. The number of aromatic nitrogens is 2. The first-order valence-corrected chi connectivity index (χ1v) is 10.9. The van der Waals surface area contributed by atoms with Gasteiger partial charge in [-0.15, -0.1) is 24.0 Å². The van der Waals surface area contributed by atoms with Crippen LogP contribution in [0, 0.1) is 6.92 Å². The van der Waals surface area contributed by atoms with E-state index in [-0.39, 0.29) is 29.7 Å². The Labute approximate surface area is 185 Å². The van der Waals surface area contributed by atoms with Gasteiger partial charge in [0.25, 0.3) is 0 Å². The summed E-state index contributed by atoms with van der Waals surface area (Å²) >= 11 is 0. The van der Waals surface area contributed by atoms with Gasteiger partial charge in [-0.25, -0.2) is 13.4 Å². The molecule has 1 heterocycles. The van der Waals surface area contributed by atoms with Gasteiger partial charge in [-0.2, -0.15) is 0 Å². The number of fused-ring (bicyclic) bond motifs is 1. The van der Waals surface area contributed by atoms with Gasteiger partial charge < -0.3 is 15.2 Å². The number of sulfone groups is 1. The summed E-state index contributed by atoms with van der Waals surface area (Å²) in [4.78, 5) is 8.73. The maximum absolute atomic E-state index is 12.1. The summed E-state index contributed by atoms with van der Waals surface area (Å²) in [5.74, 6) is 1.70. The Morgan fingerprint density at radius 1 is 1.18 bits per heavy atom. The number of guanidine groups is 1. The number of imidazole rings is 1. The molecule has 158 valence electrons. The van der Waals surface area contributed by atoms with Crippen LogP contribution < -0.4 is 10.6 Å². The average Bonchev–Trinajstić information content (AvgIpc) is 2.91. The third-order valence-corrected chi connectivity index (χ3v) is 7.12. The Bertz CT molecular complexity index is 901. The molecular weight excluding hydrogens is 489 g/mol. The van der Waals surface area contributed by atoms with E-state index in [0.717, 1.165) is 36.4 Å². The highest BCUT2D eigenvalue weighted by Crippen LogP contribution is 2.16. The average molecular weight is 521 g/mol. The molecule has 0 aliphatic heterocycles. The monoisotopic (exact) mass is 521 g/mol. The third kappa shape index (κ3) is 6.33. The summed E-state index contributed by atoms with van der Waals surface area (Å²) in [6.07, 6.45) is 0.905. The van der Waals surface area contributed by atoms with Gasteiger partial charge in [0.1, 0.15) is 5.82 Å². The molecule has 0 saturated heterocycles. The molecule has 0 aliphatic carbocycles. The predicted octanol–water partition coefficient (Wildman–Crippen LogP) is 2.73. The second kappa shape index (κ2) is 10.4. The third-order valence-electron chi connectivity index (χ3n) is 4.52. The van der Waals surface area contributed by atoms with Crippen molar-refractivity contribution in [2.75, 3.05) is 25.9 Å². The molecule has 2 aromatic rings. The Morgan fingerprint density at radius 2 is 1.82 bits per heavy atom. The van der Waals surface area contributed by atoms with Crippen LogP contribution in [0.3, 0.4) is 0 Å². The molecule has 0 unspecified atom stereocenters. The Morgan fingerprint density at radius 3 is 2.46 bits per heavy atom. The van der Waals surface area contributed by atoms with Gasteiger partial charge in [0.05, 0.1) is 21.5 Å². The highest BCUT2D eigenvalue weighted by molar-refractivity contribution is 14.0. The number of aliphatic imine (C=N–C) groups is 1. The number of hydrogen-bond acceptors (Lipinski definition) is 4. The summed E-state index contributed by atoms with van der Waals surface area (Å²) in [5, 5.41) is 6.31. The van der Waals surface area contributed by atoms with Crippen LogP contribution in [0.4, 0.5) is 0 Å². The minimum absolute atomic E-state index is 0. The normalized spacial score (nSPS) is 12.7. The second-order valence-corrected chi connectivity index (χ2v) is 10.4. The molecule has 7 nitrogen and oxygen atoms in total. The van der Waals surface area contributed by atoms with E-state index in [9.17, 15) is 8.42 Å². The fourth-order valence-electron chi connectivity index (χ4n) is 2.75. The molecule has 0 spiro atoms. The lowest BCUT2D eigenvalue weighted by Crippen LogP contribution is -2.42. The van der Waals surface area contributed by atoms with Crippen molar-refractivity contribution >= 4 is 50.8 Å². The van der Waals surface area contributed by atoms with Crippen molar-refractivity contribution in [3.05, 3.63) is 30.1 Å². The van der Waals surface area contributed by atoms with Crippen LogP contribution >= 0.6 is 24.0 Å². The standard InChI is InChI=1S/C19H31N5O2S.HI/c1-15-23-16-9-6-7-10-17(16)24(15)13-8-11-21-18(20-5)22-12-14-27(25,26)19(2,3)4;/h6-7,9-10H,8,11-14H2,1-5H3,(H2,20,21,22);1H. The van der Waals surface area contributed by atoms with Crippen LogP contribution in [0.5, 0.6) is 0 Å². The summed E-state index contributed by atoms with van der Waals surface area (Å²) in [6, 6.07) is 8.12. The van der Waals surface area contributed by atoms with E-state index in [2.05, 4.69) is 31.2 Å². The number of halogens is 1. The minimum atomic E-state index is -3.14. The van der Waals surface area contributed by atoms with E-state index < -0.39 is 14.6 Å². The second-order valence-electron chi connectivity index (χ2n) is 7.51. The molecule has 0 fully saturated rings. The number of hydrogen-bond donors (Lipinski definition) is 2. The van der Waals surface area contributed by atoms with Crippen molar-refractivity contribution in [2.24, 2.45) is 4.99 Å². The largest absolute Gasteiger partial charge is 0.356 e. The van der Waals surface area contributed by atoms with Gasteiger partial charge in [0.15, 0.2) is 15.8 Å². The minimum Gasteiger partial charge on any atom is -0.356 e.